The summed E-state index contributed by atoms with van der Waals surface area (Å²) in [5.41, 5.74) is 1.33. The van der Waals surface area contributed by atoms with Crippen LogP contribution >= 0.6 is 11.6 Å². The Kier molecular flexibility index (Phi) is 5.06. The summed E-state index contributed by atoms with van der Waals surface area (Å²) in [6.45, 7) is 5.84. The second-order valence-electron chi connectivity index (χ2n) is 3.13. The molecule has 1 radical (unpaired) electrons. The molecule has 0 atom stereocenters. The lowest BCUT2D eigenvalue weighted by Crippen LogP contribution is -2.06. The van der Waals surface area contributed by atoms with E-state index in [9.17, 15) is 4.79 Å². The summed E-state index contributed by atoms with van der Waals surface area (Å²) in [4.78, 5) is 11.7. The Bertz CT molecular complexity index is 379. The van der Waals surface area contributed by atoms with Gasteiger partial charge < -0.3 is 4.74 Å². The number of esters is 1. The van der Waals surface area contributed by atoms with Crippen LogP contribution in [0.4, 0.5) is 0 Å². The van der Waals surface area contributed by atoms with Gasteiger partial charge in [-0.25, -0.2) is 4.79 Å². The second-order valence-corrected chi connectivity index (χ2v) is 3.57. The van der Waals surface area contributed by atoms with E-state index >= 15 is 0 Å². The van der Waals surface area contributed by atoms with E-state index < -0.39 is 0 Å². The largest absolute Gasteiger partial charge is 0.462 e. The lowest BCUT2D eigenvalue weighted by Gasteiger charge is -2.07. The first-order valence-electron chi connectivity index (χ1n) is 5.11. The van der Waals surface area contributed by atoms with Gasteiger partial charge in [0.1, 0.15) is 0 Å². The molecule has 0 aromatic heterocycles. The molecular weight excluding hydrogens is 224 g/mol. The summed E-state index contributed by atoms with van der Waals surface area (Å²) >= 11 is 5.79. The average Bonchev–Trinajstić information content (AvgIpc) is 2.28. The van der Waals surface area contributed by atoms with Crippen LogP contribution in [0.5, 0.6) is 0 Å². The van der Waals surface area contributed by atoms with E-state index in [4.69, 9.17) is 16.3 Å². The Morgan fingerprint density at radius 3 is 2.56 bits per heavy atom. The number of ether oxygens (including phenoxy) is 1. The Hall–Kier alpha value is -1.28. The highest BCUT2D eigenvalue weighted by atomic mass is 35.5. The zero-order chi connectivity index (χ0) is 12.0. The van der Waals surface area contributed by atoms with E-state index in [1.807, 2.05) is 0 Å². The fourth-order valence-electron chi connectivity index (χ4n) is 1.30. The number of halogens is 1. The van der Waals surface area contributed by atoms with Gasteiger partial charge in [-0.3, -0.25) is 0 Å². The third-order valence-corrected chi connectivity index (χ3v) is 2.25. The van der Waals surface area contributed by atoms with Gasteiger partial charge in [-0.2, -0.15) is 0 Å². The molecule has 0 saturated carbocycles. The van der Waals surface area contributed by atoms with Crippen molar-refractivity contribution in [3.8, 4) is 0 Å². The summed E-state index contributed by atoms with van der Waals surface area (Å²) in [7, 11) is 0. The van der Waals surface area contributed by atoms with Crippen LogP contribution in [0.15, 0.2) is 30.3 Å². The molecule has 1 aromatic rings. The SMILES string of the molecule is [CH2]C/C=C(\C(=O)OCC)c1ccc(Cl)cc1. The molecule has 0 saturated heterocycles. The third kappa shape index (κ3) is 3.38. The molecule has 0 bridgehead atoms. The van der Waals surface area contributed by atoms with Gasteiger partial charge in [0.15, 0.2) is 0 Å². The predicted molar refractivity (Wildman–Crippen MR) is 66.0 cm³/mol. The molecule has 0 aliphatic heterocycles. The van der Waals surface area contributed by atoms with Crippen LogP contribution < -0.4 is 0 Å². The quantitative estimate of drug-likeness (QED) is 0.592. The molecule has 0 aliphatic rings. The molecule has 0 N–H and O–H groups in total. The molecule has 16 heavy (non-hydrogen) atoms. The number of benzene rings is 1. The molecule has 1 rings (SSSR count). The molecule has 3 heteroatoms. The topological polar surface area (TPSA) is 26.3 Å². The molecule has 0 aliphatic carbocycles. The van der Waals surface area contributed by atoms with Crippen molar-refractivity contribution in [3.05, 3.63) is 47.9 Å². The van der Waals surface area contributed by atoms with E-state index in [1.54, 1.807) is 37.3 Å². The molecule has 0 fully saturated rings. The van der Waals surface area contributed by atoms with Crippen molar-refractivity contribution in [1.29, 1.82) is 0 Å². The monoisotopic (exact) mass is 237 g/mol. The fourth-order valence-corrected chi connectivity index (χ4v) is 1.43. The van der Waals surface area contributed by atoms with Crippen molar-refractivity contribution in [3.63, 3.8) is 0 Å². The van der Waals surface area contributed by atoms with Gasteiger partial charge in [0.05, 0.1) is 12.2 Å². The summed E-state index contributed by atoms with van der Waals surface area (Å²) in [6, 6.07) is 7.07. The normalized spacial score (nSPS) is 11.3. The minimum Gasteiger partial charge on any atom is -0.462 e. The van der Waals surface area contributed by atoms with Gasteiger partial charge in [-0.15, -0.1) is 0 Å². The van der Waals surface area contributed by atoms with Gasteiger partial charge in [0.25, 0.3) is 0 Å². The number of hydrogen-bond acceptors (Lipinski definition) is 2. The number of hydrogen-bond donors (Lipinski definition) is 0. The smallest absolute Gasteiger partial charge is 0.338 e. The molecule has 0 spiro atoms. The van der Waals surface area contributed by atoms with Crippen molar-refractivity contribution >= 4 is 23.1 Å². The molecule has 2 nitrogen and oxygen atoms in total. The van der Waals surface area contributed by atoms with Crippen LogP contribution in [-0.2, 0) is 9.53 Å². The molecule has 0 unspecified atom stereocenters. The number of allylic oxidation sites excluding steroid dienone is 1. The summed E-state index contributed by atoms with van der Waals surface area (Å²) in [5, 5.41) is 0.640. The van der Waals surface area contributed by atoms with Crippen LogP contribution in [0.3, 0.4) is 0 Å². The Morgan fingerprint density at radius 2 is 2.06 bits per heavy atom. The van der Waals surface area contributed by atoms with E-state index in [0.29, 0.717) is 23.6 Å². The second kappa shape index (κ2) is 6.33. The van der Waals surface area contributed by atoms with Crippen LogP contribution in [0.1, 0.15) is 18.9 Å². The maximum absolute atomic E-state index is 11.7. The first kappa shape index (κ1) is 12.8. The van der Waals surface area contributed by atoms with Gasteiger partial charge in [0.2, 0.25) is 0 Å². The van der Waals surface area contributed by atoms with Crippen LogP contribution in [0.25, 0.3) is 5.57 Å². The Labute approximate surface area is 101 Å². The molecule has 85 valence electrons. The third-order valence-electron chi connectivity index (χ3n) is 2.00. The summed E-state index contributed by atoms with van der Waals surface area (Å²) < 4.78 is 4.97. The van der Waals surface area contributed by atoms with Crippen molar-refractivity contribution in [1.82, 2.24) is 0 Å². The maximum atomic E-state index is 11.7. The van der Waals surface area contributed by atoms with E-state index in [2.05, 4.69) is 6.92 Å². The lowest BCUT2D eigenvalue weighted by atomic mass is 10.1. The number of carbonyl (C=O) groups is 1. The molecular formula is C13H14ClO2. The Balaban J connectivity index is 2.99. The van der Waals surface area contributed by atoms with Crippen molar-refractivity contribution in [2.75, 3.05) is 6.61 Å². The van der Waals surface area contributed by atoms with E-state index in [-0.39, 0.29) is 5.97 Å². The van der Waals surface area contributed by atoms with Gasteiger partial charge in [0, 0.05) is 5.02 Å². The van der Waals surface area contributed by atoms with E-state index in [0.717, 1.165) is 5.56 Å². The minimum absolute atomic E-state index is 0.325. The van der Waals surface area contributed by atoms with Gasteiger partial charge >= 0.3 is 5.97 Å². The Morgan fingerprint density at radius 1 is 1.44 bits per heavy atom. The predicted octanol–water partition coefficient (Wildman–Crippen LogP) is 3.51. The number of carbonyl (C=O) groups excluding carboxylic acids is 1. The van der Waals surface area contributed by atoms with E-state index in [1.165, 1.54) is 0 Å². The standard InChI is InChI=1S/C13H14ClO2/c1-3-5-12(13(15)16-4-2)10-6-8-11(14)9-7-10/h5-9H,1,3-4H2,2H3/b12-5-. The minimum atomic E-state index is -0.325. The molecule has 0 amide bonds. The molecule has 1 aromatic carbocycles. The highest BCUT2D eigenvalue weighted by Gasteiger charge is 2.11. The highest BCUT2D eigenvalue weighted by Crippen LogP contribution is 2.19. The first-order valence-corrected chi connectivity index (χ1v) is 5.49. The van der Waals surface area contributed by atoms with Crippen LogP contribution in [0, 0.1) is 6.92 Å². The van der Waals surface area contributed by atoms with Crippen molar-refractivity contribution in [2.24, 2.45) is 0 Å². The van der Waals surface area contributed by atoms with Crippen LogP contribution in [-0.4, -0.2) is 12.6 Å². The highest BCUT2D eigenvalue weighted by molar-refractivity contribution is 6.30. The van der Waals surface area contributed by atoms with Crippen molar-refractivity contribution in [2.45, 2.75) is 13.3 Å². The summed E-state index contributed by atoms with van der Waals surface area (Å²) in [5.74, 6) is -0.325. The summed E-state index contributed by atoms with van der Waals surface area (Å²) in [6.07, 6.45) is 2.29. The number of rotatable bonds is 4. The average molecular weight is 238 g/mol. The van der Waals surface area contributed by atoms with Gasteiger partial charge in [-0.05, 0) is 38.0 Å². The fraction of sp³-hybridized carbons (Fsp3) is 0.231. The maximum Gasteiger partial charge on any atom is 0.338 e. The zero-order valence-electron chi connectivity index (χ0n) is 9.20. The van der Waals surface area contributed by atoms with Crippen molar-refractivity contribution < 1.29 is 9.53 Å². The molecule has 0 heterocycles. The zero-order valence-corrected chi connectivity index (χ0v) is 9.96. The van der Waals surface area contributed by atoms with Gasteiger partial charge in [-0.1, -0.05) is 29.8 Å². The van der Waals surface area contributed by atoms with Crippen LogP contribution in [0.2, 0.25) is 5.02 Å². The lowest BCUT2D eigenvalue weighted by molar-refractivity contribution is -0.136. The first-order chi connectivity index (χ1) is 7.69.